The number of Topliss-reactive ketones (excluding diaryl/α,β-unsaturated/α-hetero) is 1. The number of aromatic nitrogens is 2. The van der Waals surface area contributed by atoms with Gasteiger partial charge in [-0.15, -0.1) is 10.2 Å². The van der Waals surface area contributed by atoms with E-state index in [2.05, 4.69) is 73.9 Å². The zero-order valence-corrected chi connectivity index (χ0v) is 32.5. The fourth-order valence-electron chi connectivity index (χ4n) is 0.931. The molecule has 0 spiro atoms. The third-order valence-electron chi connectivity index (χ3n) is 4.11. The summed E-state index contributed by atoms with van der Waals surface area (Å²) < 4.78 is 22.4. The van der Waals surface area contributed by atoms with Crippen LogP contribution in [0.1, 0.15) is 80.5 Å². The molecule has 14 heteroatoms. The Labute approximate surface area is 281 Å². The average molecular weight is 672 g/mol. The van der Waals surface area contributed by atoms with E-state index >= 15 is 0 Å². The first-order valence-electron chi connectivity index (χ1n) is 15.5. The van der Waals surface area contributed by atoms with Crippen molar-refractivity contribution in [3.63, 3.8) is 0 Å². The number of esters is 1. The number of hydrogen-bond donors (Lipinski definition) is 2. The molecule has 1 aliphatic rings. The Morgan fingerprint density at radius 1 is 0.978 bits per heavy atom. The van der Waals surface area contributed by atoms with E-state index in [1.165, 1.54) is 52.2 Å². The number of nitrogens with one attached hydrogen (secondary N) is 1. The highest BCUT2D eigenvalue weighted by atomic mass is 16.5. The smallest absolute Gasteiger partial charge is 0.408 e. The van der Waals surface area contributed by atoms with Crippen LogP contribution in [-0.2, 0) is 28.5 Å². The maximum absolute atomic E-state index is 10.2. The van der Waals surface area contributed by atoms with Gasteiger partial charge in [-0.2, -0.15) is 0 Å². The molecule has 0 aliphatic heterocycles. The second kappa shape index (κ2) is 54.8. The summed E-state index contributed by atoms with van der Waals surface area (Å²) in [7, 11) is 13.7. The van der Waals surface area contributed by atoms with Gasteiger partial charge >= 0.3 is 12.1 Å². The maximum Gasteiger partial charge on any atom is 0.408 e. The van der Waals surface area contributed by atoms with Gasteiger partial charge in [0.1, 0.15) is 5.78 Å². The maximum atomic E-state index is 10.2. The second-order valence-corrected chi connectivity index (χ2v) is 9.44. The van der Waals surface area contributed by atoms with Crippen LogP contribution in [0.2, 0.25) is 0 Å². The molecule has 2 rings (SSSR count). The highest BCUT2D eigenvalue weighted by molar-refractivity contribution is 5.72. The minimum Gasteiger partial charge on any atom is -0.469 e. The van der Waals surface area contributed by atoms with Gasteiger partial charge in [-0.25, -0.2) is 4.79 Å². The standard InChI is InChI=1S/C4H9NO2.C4H11N.C4H8O2.C4H10O2.C4H8.C3H4N2O.C3H9N.C3H8O.C3H6O/c1-5(2)4(6)7-3;1-4-5(2)3;1-3-4(5)6-2;1-2-6-4-3-5;1-4-2-3-4;1-3-5-4-2-6-3;2*1-3-4-2;1-3(2)4/h1-3H3;4H2,1-3H3;3H2,1-2H3;5H,2-4H2,1H3;4H,2-3H2,1H3;2H,1H3;4H,3H2,1-2H3;3H2,1-2H3;1-2H3. The Morgan fingerprint density at radius 2 is 1.39 bits per heavy atom. The van der Waals surface area contributed by atoms with Crippen LogP contribution < -0.4 is 5.32 Å². The molecule has 14 nitrogen and oxygen atoms in total. The zero-order chi connectivity index (χ0) is 37.8. The lowest BCUT2D eigenvalue weighted by Crippen LogP contribution is -2.20. The molecule has 46 heavy (non-hydrogen) atoms. The number of carbonyl (C=O) groups is 3. The third-order valence-corrected chi connectivity index (χ3v) is 4.11. The van der Waals surface area contributed by atoms with Gasteiger partial charge < -0.3 is 48.4 Å². The van der Waals surface area contributed by atoms with E-state index in [0.717, 1.165) is 25.6 Å². The van der Waals surface area contributed by atoms with E-state index < -0.39 is 0 Å². The fourth-order valence-corrected chi connectivity index (χ4v) is 0.931. The molecule has 1 saturated carbocycles. The molecule has 2 N–H and O–H groups in total. The van der Waals surface area contributed by atoms with E-state index in [4.69, 9.17) is 9.84 Å². The monoisotopic (exact) mass is 672 g/mol. The summed E-state index contributed by atoms with van der Waals surface area (Å²) in [6, 6.07) is 0. The quantitative estimate of drug-likeness (QED) is 0.302. The predicted octanol–water partition coefficient (Wildman–Crippen LogP) is 4.73. The van der Waals surface area contributed by atoms with Gasteiger partial charge in [0.05, 0.1) is 27.4 Å². The number of rotatable bonds is 7. The van der Waals surface area contributed by atoms with Crippen molar-refractivity contribution in [3.05, 3.63) is 12.3 Å². The summed E-state index contributed by atoms with van der Waals surface area (Å²) in [5.74, 6) is 1.70. The first-order valence-corrected chi connectivity index (χ1v) is 15.5. The van der Waals surface area contributed by atoms with Crippen LogP contribution in [0.5, 0.6) is 0 Å². The van der Waals surface area contributed by atoms with Crippen molar-refractivity contribution < 1.29 is 42.9 Å². The lowest BCUT2D eigenvalue weighted by molar-refractivity contribution is -0.140. The number of nitrogens with zero attached hydrogens (tertiary/aromatic N) is 4. The number of aryl methyl sites for hydroxylation is 1. The Hall–Kier alpha value is -2.65. The van der Waals surface area contributed by atoms with Gasteiger partial charge in [-0.3, -0.25) is 4.79 Å². The van der Waals surface area contributed by atoms with E-state index in [1.54, 1.807) is 35.1 Å². The van der Waals surface area contributed by atoms with E-state index in [-0.39, 0.29) is 24.5 Å². The van der Waals surface area contributed by atoms with E-state index in [0.29, 0.717) is 25.5 Å². The Bertz CT molecular complexity index is 653. The molecule has 1 aromatic rings. The van der Waals surface area contributed by atoms with Crippen LogP contribution in [-0.4, -0.2) is 139 Å². The highest BCUT2D eigenvalue weighted by Crippen LogP contribution is 2.26. The Balaban J connectivity index is -0.0000000750. The van der Waals surface area contributed by atoms with Crippen LogP contribution in [0.3, 0.4) is 0 Å². The number of ether oxygens (including phenoxy) is 4. The average Bonchev–Trinajstić information content (AvgIpc) is 3.68. The number of methoxy groups -OCH3 is 3. The summed E-state index contributed by atoms with van der Waals surface area (Å²) >= 11 is 0. The normalized spacial score (nSPS) is 9.72. The first-order chi connectivity index (χ1) is 21.5. The zero-order valence-electron chi connectivity index (χ0n) is 32.5. The SMILES string of the molecule is CC(C)=O.CC1CC1.CCC(=O)OC.CCN(C)C.CCNC.CCOC.CCOCCO.COC(=O)N(C)C.Cc1nnco1. The van der Waals surface area contributed by atoms with Gasteiger partial charge in [0.15, 0.2) is 0 Å². The Kier molecular flexibility index (Phi) is 70.1. The van der Waals surface area contributed by atoms with Crippen LogP contribution in [0.25, 0.3) is 0 Å². The summed E-state index contributed by atoms with van der Waals surface area (Å²) in [6.45, 7) is 21.2. The molecule has 0 atom stereocenters. The number of amides is 1. The third kappa shape index (κ3) is 114. The van der Waals surface area contributed by atoms with Crippen molar-refractivity contribution in [3.8, 4) is 0 Å². The molecular formula is C32H73N5O9. The van der Waals surface area contributed by atoms with Crippen molar-refractivity contribution in [1.82, 2.24) is 25.3 Å². The molecule has 1 amide bonds. The van der Waals surface area contributed by atoms with Crippen LogP contribution in [0.4, 0.5) is 4.79 Å². The summed E-state index contributed by atoms with van der Waals surface area (Å²) in [5, 5.41) is 17.9. The van der Waals surface area contributed by atoms with Crippen LogP contribution >= 0.6 is 0 Å². The van der Waals surface area contributed by atoms with Gasteiger partial charge in [-0.1, -0.05) is 40.5 Å². The van der Waals surface area contributed by atoms with Crippen molar-refractivity contribution in [2.45, 2.75) is 81.6 Å². The number of hydrogen-bond acceptors (Lipinski definition) is 13. The lowest BCUT2D eigenvalue weighted by Gasteiger charge is -2.05. The van der Waals surface area contributed by atoms with Crippen LogP contribution in [0.15, 0.2) is 10.8 Å². The molecule has 0 bridgehead atoms. The first kappa shape index (κ1) is 58.8. The second-order valence-electron chi connectivity index (χ2n) is 9.44. The van der Waals surface area contributed by atoms with Crippen molar-refractivity contribution >= 4 is 17.8 Å². The molecule has 280 valence electrons. The van der Waals surface area contributed by atoms with E-state index in [9.17, 15) is 14.4 Å². The topological polar surface area (TPSA) is 166 Å². The molecule has 0 radical (unpaired) electrons. The molecular weight excluding hydrogens is 598 g/mol. The summed E-state index contributed by atoms with van der Waals surface area (Å²) in [6.07, 6.45) is 4.42. The van der Waals surface area contributed by atoms with Gasteiger partial charge in [0, 0.05) is 47.8 Å². The molecule has 0 aromatic carbocycles. The summed E-state index contributed by atoms with van der Waals surface area (Å²) in [5.41, 5.74) is 0. The molecule has 0 saturated heterocycles. The number of carbonyl (C=O) groups excluding carboxylic acids is 3. The highest BCUT2D eigenvalue weighted by Gasteiger charge is 2.12. The molecule has 1 aromatic heterocycles. The van der Waals surface area contributed by atoms with Gasteiger partial charge in [0.25, 0.3) is 0 Å². The van der Waals surface area contributed by atoms with E-state index in [1.807, 2.05) is 20.9 Å². The Morgan fingerprint density at radius 3 is 1.43 bits per heavy atom. The van der Waals surface area contributed by atoms with Crippen molar-refractivity contribution in [2.24, 2.45) is 5.92 Å². The number of aliphatic hydroxyl groups excluding tert-OH is 1. The minimum absolute atomic E-state index is 0.133. The largest absolute Gasteiger partial charge is 0.469 e. The summed E-state index contributed by atoms with van der Waals surface area (Å²) in [4.78, 5) is 33.1. The van der Waals surface area contributed by atoms with Gasteiger partial charge in [0.2, 0.25) is 12.3 Å². The van der Waals surface area contributed by atoms with Gasteiger partial charge in [-0.05, 0) is 67.8 Å². The minimum atomic E-state index is -0.319. The molecule has 0 unspecified atom stereocenters. The van der Waals surface area contributed by atoms with Crippen molar-refractivity contribution in [2.75, 3.05) is 96.1 Å². The predicted molar refractivity (Wildman–Crippen MR) is 187 cm³/mol. The fraction of sp³-hybridized carbons (Fsp3) is 0.844. The molecule has 1 heterocycles. The number of aliphatic hydroxyl groups is 1. The number of ketones is 1. The molecule has 1 aliphatic carbocycles. The lowest BCUT2D eigenvalue weighted by atomic mass is 10.5. The van der Waals surface area contributed by atoms with Crippen molar-refractivity contribution in [1.29, 1.82) is 0 Å². The van der Waals surface area contributed by atoms with Crippen LogP contribution in [0, 0.1) is 12.8 Å². The molecule has 1 fully saturated rings.